The molecular formula is C14H18O4S. The van der Waals surface area contributed by atoms with E-state index in [2.05, 4.69) is 0 Å². The Hall–Kier alpha value is -1.36. The molecule has 5 heteroatoms. The predicted molar refractivity (Wildman–Crippen MR) is 72.6 cm³/mol. The van der Waals surface area contributed by atoms with E-state index in [1.807, 2.05) is 30.3 Å². The Labute approximate surface area is 113 Å². The summed E-state index contributed by atoms with van der Waals surface area (Å²) in [7, 11) is -3.28. The van der Waals surface area contributed by atoms with E-state index in [4.69, 9.17) is 5.11 Å². The molecule has 0 atom stereocenters. The quantitative estimate of drug-likeness (QED) is 0.922. The van der Waals surface area contributed by atoms with Crippen molar-refractivity contribution in [3.05, 3.63) is 35.9 Å². The van der Waals surface area contributed by atoms with Crippen LogP contribution in [0.4, 0.5) is 0 Å². The van der Waals surface area contributed by atoms with Crippen LogP contribution in [-0.2, 0) is 19.4 Å². The summed E-state index contributed by atoms with van der Waals surface area (Å²) in [5.74, 6) is -1.24. The summed E-state index contributed by atoms with van der Waals surface area (Å²) in [5.41, 5.74) is 0.779. The predicted octanol–water partition coefficient (Wildman–Crippen LogP) is 2.20. The van der Waals surface area contributed by atoms with Crippen LogP contribution >= 0.6 is 0 Å². The first-order valence-electron chi connectivity index (χ1n) is 6.35. The summed E-state index contributed by atoms with van der Waals surface area (Å²) < 4.78 is 23.6. The van der Waals surface area contributed by atoms with Crippen LogP contribution in [0.15, 0.2) is 30.3 Å². The van der Waals surface area contributed by atoms with Crippen LogP contribution in [-0.4, -0.2) is 25.7 Å². The number of rotatable bonds is 3. The summed E-state index contributed by atoms with van der Waals surface area (Å²) in [6.45, 7) is 0. The second kappa shape index (κ2) is 4.96. The van der Waals surface area contributed by atoms with E-state index in [1.165, 1.54) is 6.26 Å². The van der Waals surface area contributed by atoms with Gasteiger partial charge in [-0.25, -0.2) is 8.42 Å². The molecule has 0 radical (unpaired) electrons. The summed E-state index contributed by atoms with van der Waals surface area (Å²) in [5, 5.41) is 9.03. The van der Waals surface area contributed by atoms with Crippen molar-refractivity contribution in [1.29, 1.82) is 0 Å². The molecular weight excluding hydrogens is 264 g/mol. The molecule has 2 rings (SSSR count). The maximum atomic E-state index is 12.2. The van der Waals surface area contributed by atoms with Gasteiger partial charge in [0.25, 0.3) is 0 Å². The van der Waals surface area contributed by atoms with Gasteiger partial charge in [0.05, 0.1) is 10.7 Å². The van der Waals surface area contributed by atoms with Gasteiger partial charge in [-0.1, -0.05) is 30.3 Å². The number of carbonyl (C=O) groups is 1. The third-order valence-corrected chi connectivity index (χ3v) is 6.22. The number of hydrogen-bond donors (Lipinski definition) is 1. The summed E-state index contributed by atoms with van der Waals surface area (Å²) in [4.78, 5) is 11.0. The third-order valence-electron chi connectivity index (χ3n) is 4.15. The smallest absolute Gasteiger partial charge is 0.306 e. The van der Waals surface area contributed by atoms with Gasteiger partial charge < -0.3 is 5.11 Å². The lowest BCUT2D eigenvalue weighted by molar-refractivity contribution is -0.143. The van der Waals surface area contributed by atoms with E-state index < -0.39 is 26.5 Å². The fraction of sp³-hybridized carbons (Fsp3) is 0.500. The Kier molecular flexibility index (Phi) is 3.67. The molecule has 4 nitrogen and oxygen atoms in total. The van der Waals surface area contributed by atoms with E-state index in [9.17, 15) is 13.2 Å². The molecule has 0 bridgehead atoms. The molecule has 0 saturated heterocycles. The van der Waals surface area contributed by atoms with E-state index >= 15 is 0 Å². The largest absolute Gasteiger partial charge is 0.481 e. The molecule has 1 N–H and O–H groups in total. The first-order chi connectivity index (χ1) is 8.87. The van der Waals surface area contributed by atoms with Crippen molar-refractivity contribution in [3.8, 4) is 0 Å². The van der Waals surface area contributed by atoms with Crippen LogP contribution in [0.2, 0.25) is 0 Å². The molecule has 0 aromatic heterocycles. The first kappa shape index (κ1) is 14.1. The molecule has 1 aromatic carbocycles. The number of carboxylic acid groups (broad SMARTS) is 1. The molecule has 0 amide bonds. The highest BCUT2D eigenvalue weighted by Crippen LogP contribution is 2.45. The lowest BCUT2D eigenvalue weighted by Crippen LogP contribution is -2.40. The number of sulfone groups is 1. The van der Waals surface area contributed by atoms with Crippen LogP contribution in [0.5, 0.6) is 0 Å². The van der Waals surface area contributed by atoms with Crippen LogP contribution in [0.3, 0.4) is 0 Å². The van der Waals surface area contributed by atoms with Crippen molar-refractivity contribution in [2.45, 2.75) is 30.4 Å². The maximum absolute atomic E-state index is 12.2. The monoisotopic (exact) mass is 282 g/mol. The van der Waals surface area contributed by atoms with Crippen LogP contribution < -0.4 is 0 Å². The summed E-state index contributed by atoms with van der Waals surface area (Å²) in [6, 6.07) is 9.14. The van der Waals surface area contributed by atoms with Gasteiger partial charge in [0.2, 0.25) is 0 Å². The van der Waals surface area contributed by atoms with Gasteiger partial charge in [0.15, 0.2) is 9.84 Å². The topological polar surface area (TPSA) is 71.4 Å². The van der Waals surface area contributed by atoms with Gasteiger partial charge in [-0.3, -0.25) is 4.79 Å². The number of hydrogen-bond acceptors (Lipinski definition) is 3. The van der Waals surface area contributed by atoms with Crippen LogP contribution in [0, 0.1) is 5.92 Å². The molecule has 0 unspecified atom stereocenters. The van der Waals surface area contributed by atoms with Crippen molar-refractivity contribution >= 4 is 15.8 Å². The third kappa shape index (κ3) is 2.52. The Balaban J connectivity index is 2.38. The standard InChI is InChI=1S/C14H18O4S/c1-19(17,18)14(12-5-3-2-4-6-12)9-7-11(8-10-14)13(15)16/h2-6,11H,7-10H2,1H3,(H,15,16). The lowest BCUT2D eigenvalue weighted by atomic mass is 9.78. The minimum atomic E-state index is -3.28. The lowest BCUT2D eigenvalue weighted by Gasteiger charge is -2.38. The molecule has 1 aliphatic rings. The summed E-state index contributed by atoms with van der Waals surface area (Å²) in [6.07, 6.45) is 2.84. The van der Waals surface area contributed by atoms with Crippen molar-refractivity contribution in [3.63, 3.8) is 0 Å². The van der Waals surface area contributed by atoms with Gasteiger partial charge in [0.1, 0.15) is 0 Å². The van der Waals surface area contributed by atoms with Crippen molar-refractivity contribution < 1.29 is 18.3 Å². The molecule has 19 heavy (non-hydrogen) atoms. The summed E-state index contributed by atoms with van der Waals surface area (Å²) >= 11 is 0. The molecule has 104 valence electrons. The highest BCUT2D eigenvalue weighted by molar-refractivity contribution is 7.91. The Bertz CT molecular complexity index is 554. The maximum Gasteiger partial charge on any atom is 0.306 e. The van der Waals surface area contributed by atoms with E-state index in [1.54, 1.807) is 0 Å². The molecule has 0 spiro atoms. The molecule has 0 aliphatic heterocycles. The zero-order valence-corrected chi connectivity index (χ0v) is 11.7. The molecule has 1 fully saturated rings. The van der Waals surface area contributed by atoms with Gasteiger partial charge in [-0.2, -0.15) is 0 Å². The van der Waals surface area contributed by atoms with Crippen molar-refractivity contribution in [1.82, 2.24) is 0 Å². The van der Waals surface area contributed by atoms with Crippen molar-refractivity contribution in [2.24, 2.45) is 5.92 Å². The van der Waals surface area contributed by atoms with E-state index in [0.29, 0.717) is 25.7 Å². The fourth-order valence-corrected chi connectivity index (χ4v) is 4.49. The van der Waals surface area contributed by atoms with E-state index in [0.717, 1.165) is 5.56 Å². The second-order valence-corrected chi connectivity index (χ2v) is 7.57. The minimum Gasteiger partial charge on any atom is -0.481 e. The van der Waals surface area contributed by atoms with Crippen LogP contribution in [0.25, 0.3) is 0 Å². The average molecular weight is 282 g/mol. The average Bonchev–Trinajstić information content (AvgIpc) is 2.38. The van der Waals surface area contributed by atoms with Gasteiger partial charge in [-0.05, 0) is 31.2 Å². The van der Waals surface area contributed by atoms with E-state index in [-0.39, 0.29) is 0 Å². The fourth-order valence-electron chi connectivity index (χ4n) is 2.95. The van der Waals surface area contributed by atoms with Gasteiger partial charge in [-0.15, -0.1) is 0 Å². The normalized spacial score (nSPS) is 27.9. The number of aliphatic carboxylic acids is 1. The zero-order chi connectivity index (χ0) is 14.1. The van der Waals surface area contributed by atoms with Crippen molar-refractivity contribution in [2.75, 3.05) is 6.26 Å². The highest BCUT2D eigenvalue weighted by atomic mass is 32.2. The Morgan fingerprint density at radius 2 is 1.74 bits per heavy atom. The molecule has 1 saturated carbocycles. The molecule has 1 aliphatic carbocycles. The van der Waals surface area contributed by atoms with Gasteiger partial charge >= 0.3 is 5.97 Å². The Morgan fingerprint density at radius 1 is 1.21 bits per heavy atom. The SMILES string of the molecule is CS(=O)(=O)C1(c2ccccc2)CCC(C(=O)O)CC1. The van der Waals surface area contributed by atoms with Gasteiger partial charge in [0, 0.05) is 6.26 Å². The minimum absolute atomic E-state index is 0.382. The highest BCUT2D eigenvalue weighted by Gasteiger charge is 2.46. The Morgan fingerprint density at radius 3 is 2.16 bits per heavy atom. The number of benzene rings is 1. The molecule has 1 aromatic rings. The first-order valence-corrected chi connectivity index (χ1v) is 8.24. The number of carboxylic acids is 1. The zero-order valence-electron chi connectivity index (χ0n) is 10.9. The molecule has 0 heterocycles. The van der Waals surface area contributed by atoms with Crippen LogP contribution in [0.1, 0.15) is 31.2 Å². The second-order valence-electron chi connectivity index (χ2n) is 5.24.